The Morgan fingerprint density at radius 1 is 0.382 bits per heavy atom. The van der Waals surface area contributed by atoms with Crippen LogP contribution in [0.15, 0.2) is 261 Å². The van der Waals surface area contributed by atoms with Gasteiger partial charge in [-0.25, -0.2) is 0 Å². The number of fused-ring (bicyclic) bond motifs is 11. The van der Waals surface area contributed by atoms with E-state index in [9.17, 15) is 0 Å². The fourth-order valence-electron chi connectivity index (χ4n) is 14.6. The van der Waals surface area contributed by atoms with E-state index in [0.717, 1.165) is 94.7 Å². The monoisotopic (exact) mass is 1180 g/mol. The second kappa shape index (κ2) is 21.6. The topological polar surface area (TPSA) is 32.8 Å². The summed E-state index contributed by atoms with van der Waals surface area (Å²) in [7, 11) is 0. The van der Waals surface area contributed by atoms with Crippen molar-refractivity contribution in [2.75, 3.05) is 9.80 Å². The van der Waals surface area contributed by atoms with Gasteiger partial charge in [-0.3, -0.25) is 0 Å². The predicted octanol–water partition coefficient (Wildman–Crippen LogP) is 24.5. The van der Waals surface area contributed by atoms with Crippen molar-refractivity contribution in [3.05, 3.63) is 287 Å². The molecule has 2 aliphatic carbocycles. The van der Waals surface area contributed by atoms with Gasteiger partial charge in [0.25, 0.3) is 0 Å². The number of furan rings is 2. The zero-order chi connectivity index (χ0) is 61.0. The van der Waals surface area contributed by atoms with Crippen LogP contribution in [0.4, 0.5) is 34.1 Å². The molecule has 1 atom stereocenters. The van der Waals surface area contributed by atoms with Crippen molar-refractivity contribution in [3.8, 4) is 11.1 Å². The summed E-state index contributed by atoms with van der Waals surface area (Å²) in [5.41, 5.74) is 20.8. The fourth-order valence-corrected chi connectivity index (χ4v) is 15.4. The summed E-state index contributed by atoms with van der Waals surface area (Å²) in [5.74, 6) is 0.537. The normalized spacial score (nSPS) is 15.3. The van der Waals surface area contributed by atoms with Crippen LogP contribution >= 0.6 is 11.8 Å². The van der Waals surface area contributed by atoms with Crippen LogP contribution in [0.2, 0.25) is 0 Å². The fraction of sp³-hybridized carbons (Fsp3) is 0.214. The molecule has 2 aliphatic rings. The quantitative estimate of drug-likeness (QED) is 0.129. The third-order valence-corrected chi connectivity index (χ3v) is 20.2. The molecule has 1 unspecified atom stereocenters. The highest BCUT2D eigenvalue weighted by Gasteiger charge is 2.51. The summed E-state index contributed by atoms with van der Waals surface area (Å²) >= 11 is 1.82. The summed E-state index contributed by atoms with van der Waals surface area (Å²) in [6, 6.07) is 91.2. The highest BCUT2D eigenvalue weighted by molar-refractivity contribution is 7.99. The van der Waals surface area contributed by atoms with Crippen LogP contribution in [0, 0.1) is 0 Å². The van der Waals surface area contributed by atoms with E-state index in [1.165, 1.54) is 74.4 Å². The lowest BCUT2D eigenvalue weighted by Crippen LogP contribution is -2.29. The summed E-state index contributed by atoms with van der Waals surface area (Å²) in [6.45, 7) is 20.6. The number of hydrogen-bond donors (Lipinski definition) is 0. The molecule has 11 aromatic carbocycles. The standard InChI is InChI=1S/C84H76N2O2S/c1-81(2,3)56-36-44-63(45-37-56)85(61-24-12-10-13-25-61)71-52-70-78(80-75(71)67-28-18-20-30-73(67)88-80)77-69(53-72(79-76(77)68-29-19-21-31-74(68)87-79)86(62-26-14-11-15-27-62)64-46-38-57(39-47-64)82(4,5)6)84(70,59-34-32-55(33-35-59)54-22-16-17-23-54)60-42-50-66(51-43-60)89-65-48-40-58(41-49-65)83(7,8)9/h10-15,18-21,24-54H,16-17,22-23H2,1-9H3. The molecule has 0 radical (unpaired) electrons. The Balaban J connectivity index is 1.10. The lowest BCUT2D eigenvalue weighted by molar-refractivity contribution is 0.589. The third-order valence-electron chi connectivity index (χ3n) is 19.2. The second-order valence-corrected chi connectivity index (χ2v) is 29.1. The molecule has 4 nitrogen and oxygen atoms in total. The SMILES string of the molecule is CC(C)(C)c1ccc(Sc2ccc(C3(c4ccc(C5CCCC5)cc4)c4cc(N(c5ccccc5)c5ccc(C(C)(C)C)cc5)c5c(oc6ccccc65)c4-c4c3cc(N(c3ccccc3)c3ccc(C(C)(C)C)cc3)c3oc5ccccc5c43)cc2)cc1. The van der Waals surface area contributed by atoms with Crippen LogP contribution in [0.5, 0.6) is 0 Å². The molecular formula is C84H76N2O2S. The minimum Gasteiger partial charge on any atom is -0.455 e. The molecule has 5 heteroatoms. The van der Waals surface area contributed by atoms with Crippen LogP contribution in [0.25, 0.3) is 55.0 Å². The molecule has 440 valence electrons. The van der Waals surface area contributed by atoms with Gasteiger partial charge in [-0.1, -0.05) is 233 Å². The first-order valence-electron chi connectivity index (χ1n) is 31.9. The number of hydrogen-bond acceptors (Lipinski definition) is 5. The maximum absolute atomic E-state index is 7.67. The lowest BCUT2D eigenvalue weighted by atomic mass is 9.67. The van der Waals surface area contributed by atoms with E-state index < -0.39 is 5.41 Å². The predicted molar refractivity (Wildman–Crippen MR) is 376 cm³/mol. The van der Waals surface area contributed by atoms with Gasteiger partial charge < -0.3 is 18.6 Å². The molecular weight excluding hydrogens is 1100 g/mol. The average Bonchev–Trinajstić information content (AvgIpc) is 1.51. The Morgan fingerprint density at radius 2 is 0.775 bits per heavy atom. The van der Waals surface area contributed by atoms with E-state index in [2.05, 4.69) is 315 Å². The van der Waals surface area contributed by atoms with E-state index in [-0.39, 0.29) is 16.2 Å². The molecule has 89 heavy (non-hydrogen) atoms. The summed E-state index contributed by atoms with van der Waals surface area (Å²) < 4.78 is 15.1. The first-order valence-corrected chi connectivity index (χ1v) is 32.7. The number of benzene rings is 11. The molecule has 2 heterocycles. The van der Waals surface area contributed by atoms with Crippen LogP contribution in [0.1, 0.15) is 138 Å². The smallest absolute Gasteiger partial charge is 0.160 e. The Hall–Kier alpha value is -9.03. The molecule has 1 fully saturated rings. The lowest BCUT2D eigenvalue weighted by Gasteiger charge is -2.36. The van der Waals surface area contributed by atoms with E-state index in [4.69, 9.17) is 8.83 Å². The summed E-state index contributed by atoms with van der Waals surface area (Å²) in [4.78, 5) is 7.30. The maximum atomic E-state index is 7.67. The Labute approximate surface area is 528 Å². The molecule has 0 amide bonds. The molecule has 13 aromatic rings. The van der Waals surface area contributed by atoms with Crippen molar-refractivity contribution < 1.29 is 8.83 Å². The summed E-state index contributed by atoms with van der Waals surface area (Å²) in [6.07, 6.45) is 4.97. The minimum absolute atomic E-state index is 0.0330. The van der Waals surface area contributed by atoms with Gasteiger partial charge in [-0.15, -0.1) is 0 Å². The molecule has 2 aromatic heterocycles. The zero-order valence-electron chi connectivity index (χ0n) is 52.6. The van der Waals surface area contributed by atoms with Gasteiger partial charge in [-0.05, 0) is 177 Å². The molecule has 0 bridgehead atoms. The van der Waals surface area contributed by atoms with Crippen molar-refractivity contribution in [3.63, 3.8) is 0 Å². The number of para-hydroxylation sites is 4. The van der Waals surface area contributed by atoms with E-state index in [1.807, 2.05) is 11.8 Å². The largest absolute Gasteiger partial charge is 0.455 e. The second-order valence-electron chi connectivity index (χ2n) is 27.9. The highest BCUT2D eigenvalue weighted by atomic mass is 32.2. The minimum atomic E-state index is -0.934. The van der Waals surface area contributed by atoms with Crippen molar-refractivity contribution in [1.82, 2.24) is 0 Å². The van der Waals surface area contributed by atoms with Crippen LogP contribution in [0.3, 0.4) is 0 Å². The van der Waals surface area contributed by atoms with E-state index in [0.29, 0.717) is 5.92 Å². The van der Waals surface area contributed by atoms with Crippen LogP contribution in [-0.2, 0) is 21.7 Å². The van der Waals surface area contributed by atoms with Gasteiger partial charge >= 0.3 is 0 Å². The van der Waals surface area contributed by atoms with Crippen molar-refractivity contribution >= 4 is 89.8 Å². The summed E-state index contributed by atoms with van der Waals surface area (Å²) in [5, 5.41) is 4.23. The van der Waals surface area contributed by atoms with E-state index in [1.54, 1.807) is 0 Å². The molecule has 15 rings (SSSR count). The van der Waals surface area contributed by atoms with Crippen LogP contribution in [-0.4, -0.2) is 0 Å². The van der Waals surface area contributed by atoms with Gasteiger partial charge in [0.1, 0.15) is 16.7 Å². The molecule has 0 aliphatic heterocycles. The van der Waals surface area contributed by atoms with Crippen molar-refractivity contribution in [2.45, 2.75) is 125 Å². The Kier molecular flexibility index (Phi) is 13.7. The van der Waals surface area contributed by atoms with Crippen molar-refractivity contribution in [2.24, 2.45) is 0 Å². The molecule has 1 saturated carbocycles. The molecule has 0 spiro atoms. The first-order chi connectivity index (χ1) is 43.0. The Bertz CT molecular complexity index is 4760. The van der Waals surface area contributed by atoms with E-state index >= 15 is 0 Å². The molecule has 0 saturated heterocycles. The highest BCUT2D eigenvalue weighted by Crippen LogP contribution is 2.65. The zero-order valence-corrected chi connectivity index (χ0v) is 53.4. The maximum Gasteiger partial charge on any atom is 0.160 e. The average molecular weight is 1180 g/mol. The number of rotatable bonds is 11. The van der Waals surface area contributed by atoms with Gasteiger partial charge in [0.15, 0.2) is 5.58 Å². The number of nitrogens with zero attached hydrogens (tertiary/aromatic N) is 2. The van der Waals surface area contributed by atoms with Crippen LogP contribution < -0.4 is 9.80 Å². The van der Waals surface area contributed by atoms with Gasteiger partial charge in [0, 0.05) is 59.8 Å². The van der Waals surface area contributed by atoms with Gasteiger partial charge in [-0.2, -0.15) is 0 Å². The first kappa shape index (κ1) is 56.5. The Morgan fingerprint density at radius 3 is 1.28 bits per heavy atom. The van der Waals surface area contributed by atoms with Gasteiger partial charge in [0.2, 0.25) is 0 Å². The van der Waals surface area contributed by atoms with Gasteiger partial charge in [0.05, 0.1) is 22.2 Å². The molecule has 0 N–H and O–H groups in total. The number of anilines is 6. The third kappa shape index (κ3) is 9.67. The van der Waals surface area contributed by atoms with Crippen molar-refractivity contribution in [1.29, 1.82) is 0 Å².